The smallest absolute Gasteiger partial charge is 0.186 e. The lowest BCUT2D eigenvalue weighted by Gasteiger charge is -2.34. The van der Waals surface area contributed by atoms with Crippen molar-refractivity contribution in [1.29, 1.82) is 0 Å². The predicted octanol–water partition coefficient (Wildman–Crippen LogP) is 3.26. The Morgan fingerprint density at radius 3 is 3.05 bits per heavy atom. The predicted molar refractivity (Wildman–Crippen MR) is 83.1 cm³/mol. The number of fused-ring (bicyclic) bond motifs is 1. The summed E-state index contributed by atoms with van der Waals surface area (Å²) in [6.45, 7) is 5.61. The molecule has 0 amide bonds. The molecule has 1 fully saturated rings. The fourth-order valence-corrected chi connectivity index (χ4v) is 3.82. The monoisotopic (exact) mass is 275 g/mol. The highest BCUT2D eigenvalue weighted by molar-refractivity contribution is 7.22. The third-order valence-corrected chi connectivity index (χ3v) is 4.78. The van der Waals surface area contributed by atoms with Crippen LogP contribution in [0.4, 0.5) is 5.13 Å². The van der Waals surface area contributed by atoms with Gasteiger partial charge in [-0.1, -0.05) is 30.4 Å². The van der Waals surface area contributed by atoms with E-state index in [9.17, 15) is 0 Å². The molecule has 4 heteroatoms. The number of benzene rings is 1. The second-order valence-electron chi connectivity index (χ2n) is 5.16. The van der Waals surface area contributed by atoms with E-state index in [0.717, 1.165) is 25.2 Å². The van der Waals surface area contributed by atoms with Gasteiger partial charge < -0.3 is 10.2 Å². The van der Waals surface area contributed by atoms with E-state index in [-0.39, 0.29) is 0 Å². The molecule has 1 unspecified atom stereocenters. The molecule has 102 valence electrons. The second kappa shape index (κ2) is 5.88. The number of rotatable bonds is 4. The summed E-state index contributed by atoms with van der Waals surface area (Å²) in [6.07, 6.45) is 3.73. The number of thiazole rings is 1. The van der Waals surface area contributed by atoms with Crippen LogP contribution in [-0.4, -0.2) is 30.7 Å². The van der Waals surface area contributed by atoms with Gasteiger partial charge in [-0.25, -0.2) is 4.98 Å². The van der Waals surface area contributed by atoms with Crippen LogP contribution in [0.5, 0.6) is 0 Å². The van der Waals surface area contributed by atoms with Crippen LogP contribution in [0.25, 0.3) is 10.2 Å². The van der Waals surface area contributed by atoms with Crippen LogP contribution >= 0.6 is 11.3 Å². The highest BCUT2D eigenvalue weighted by Gasteiger charge is 2.23. The van der Waals surface area contributed by atoms with Gasteiger partial charge in [0.2, 0.25) is 0 Å². The van der Waals surface area contributed by atoms with Gasteiger partial charge in [0.25, 0.3) is 0 Å². The molecule has 19 heavy (non-hydrogen) atoms. The van der Waals surface area contributed by atoms with E-state index in [2.05, 4.69) is 41.4 Å². The molecule has 1 atom stereocenters. The summed E-state index contributed by atoms with van der Waals surface area (Å²) in [5.41, 5.74) is 1.13. The third-order valence-electron chi connectivity index (χ3n) is 3.70. The fraction of sp³-hybridized carbons (Fsp3) is 0.533. The molecule has 2 heterocycles. The van der Waals surface area contributed by atoms with Crippen molar-refractivity contribution < 1.29 is 0 Å². The molecule has 1 saturated heterocycles. The van der Waals surface area contributed by atoms with E-state index in [0.29, 0.717) is 6.04 Å². The summed E-state index contributed by atoms with van der Waals surface area (Å²) in [6, 6.07) is 9.04. The summed E-state index contributed by atoms with van der Waals surface area (Å²) in [7, 11) is 0. The molecule has 1 aromatic carbocycles. The molecular formula is C15H21N3S. The Kier molecular flexibility index (Phi) is 3.99. The van der Waals surface area contributed by atoms with Gasteiger partial charge in [0.1, 0.15) is 0 Å². The SMILES string of the molecule is CCCN(c1nc2ccccc2s1)C1CCCNC1. The molecular weight excluding hydrogens is 254 g/mol. The number of para-hydroxylation sites is 1. The van der Waals surface area contributed by atoms with E-state index in [4.69, 9.17) is 4.98 Å². The lowest BCUT2D eigenvalue weighted by molar-refractivity contribution is 0.430. The van der Waals surface area contributed by atoms with Crippen LogP contribution in [0.15, 0.2) is 24.3 Å². The van der Waals surface area contributed by atoms with Crippen molar-refractivity contribution in [3.05, 3.63) is 24.3 Å². The first-order chi connectivity index (χ1) is 9.38. The largest absolute Gasteiger partial charge is 0.344 e. The van der Waals surface area contributed by atoms with Gasteiger partial charge in [-0.3, -0.25) is 0 Å². The number of hydrogen-bond acceptors (Lipinski definition) is 4. The standard InChI is InChI=1S/C15H21N3S/c1-2-10-18(12-6-5-9-16-11-12)15-17-13-7-3-4-8-14(13)19-15/h3-4,7-8,12,16H,2,5-6,9-11H2,1H3. The van der Waals surface area contributed by atoms with E-state index >= 15 is 0 Å². The lowest BCUT2D eigenvalue weighted by atomic mass is 10.1. The zero-order valence-corrected chi connectivity index (χ0v) is 12.2. The Hall–Kier alpha value is -1.13. The molecule has 1 aromatic heterocycles. The summed E-state index contributed by atoms with van der Waals surface area (Å²) in [5.74, 6) is 0. The Morgan fingerprint density at radius 1 is 1.42 bits per heavy atom. The summed E-state index contributed by atoms with van der Waals surface area (Å²) < 4.78 is 1.29. The van der Waals surface area contributed by atoms with E-state index in [1.165, 1.54) is 29.1 Å². The molecule has 0 radical (unpaired) electrons. The molecule has 0 spiro atoms. The van der Waals surface area contributed by atoms with E-state index in [1.54, 1.807) is 0 Å². The van der Waals surface area contributed by atoms with Crippen molar-refractivity contribution in [2.75, 3.05) is 24.5 Å². The quantitative estimate of drug-likeness (QED) is 0.928. The Morgan fingerprint density at radius 2 is 2.32 bits per heavy atom. The molecule has 0 saturated carbocycles. The molecule has 2 aromatic rings. The maximum Gasteiger partial charge on any atom is 0.186 e. The maximum absolute atomic E-state index is 4.82. The van der Waals surface area contributed by atoms with E-state index in [1.807, 2.05) is 11.3 Å². The number of nitrogens with zero attached hydrogens (tertiary/aromatic N) is 2. The van der Waals surface area contributed by atoms with Crippen molar-refractivity contribution in [1.82, 2.24) is 10.3 Å². The first-order valence-electron chi connectivity index (χ1n) is 7.21. The minimum atomic E-state index is 0.606. The summed E-state index contributed by atoms with van der Waals surface area (Å²) in [4.78, 5) is 7.33. The minimum absolute atomic E-state index is 0.606. The first kappa shape index (κ1) is 12.9. The van der Waals surface area contributed by atoms with Crippen LogP contribution in [0.2, 0.25) is 0 Å². The molecule has 1 N–H and O–H groups in total. The lowest BCUT2D eigenvalue weighted by Crippen LogP contribution is -2.46. The zero-order valence-electron chi connectivity index (χ0n) is 11.4. The van der Waals surface area contributed by atoms with Crippen LogP contribution in [0, 0.1) is 0 Å². The van der Waals surface area contributed by atoms with E-state index < -0.39 is 0 Å². The van der Waals surface area contributed by atoms with Gasteiger partial charge in [0.15, 0.2) is 5.13 Å². The Labute approximate surface area is 118 Å². The normalized spacial score (nSPS) is 19.7. The van der Waals surface area contributed by atoms with Gasteiger partial charge in [-0.2, -0.15) is 0 Å². The average Bonchev–Trinajstić information content (AvgIpc) is 2.89. The Balaban J connectivity index is 1.89. The second-order valence-corrected chi connectivity index (χ2v) is 6.17. The highest BCUT2D eigenvalue weighted by atomic mass is 32.1. The van der Waals surface area contributed by atoms with Crippen molar-refractivity contribution in [3.8, 4) is 0 Å². The molecule has 3 rings (SSSR count). The van der Waals surface area contributed by atoms with Crippen molar-refractivity contribution in [2.45, 2.75) is 32.2 Å². The average molecular weight is 275 g/mol. The van der Waals surface area contributed by atoms with Crippen molar-refractivity contribution in [2.24, 2.45) is 0 Å². The molecule has 1 aliphatic heterocycles. The number of aromatic nitrogens is 1. The molecule has 0 aliphatic carbocycles. The van der Waals surface area contributed by atoms with Gasteiger partial charge in [0.05, 0.1) is 10.2 Å². The summed E-state index contributed by atoms with van der Waals surface area (Å²) >= 11 is 1.83. The van der Waals surface area contributed by atoms with Crippen LogP contribution < -0.4 is 10.2 Å². The van der Waals surface area contributed by atoms with Crippen molar-refractivity contribution >= 4 is 26.7 Å². The maximum atomic E-state index is 4.82. The van der Waals surface area contributed by atoms with Crippen molar-refractivity contribution in [3.63, 3.8) is 0 Å². The highest BCUT2D eigenvalue weighted by Crippen LogP contribution is 2.30. The molecule has 1 aliphatic rings. The Bertz CT molecular complexity index is 498. The van der Waals surface area contributed by atoms with Gasteiger partial charge in [-0.15, -0.1) is 0 Å². The van der Waals surface area contributed by atoms with Crippen LogP contribution in [0.3, 0.4) is 0 Å². The molecule has 0 bridgehead atoms. The first-order valence-corrected chi connectivity index (χ1v) is 8.03. The minimum Gasteiger partial charge on any atom is -0.344 e. The topological polar surface area (TPSA) is 28.2 Å². The summed E-state index contributed by atoms with van der Waals surface area (Å²) in [5, 5.41) is 4.70. The number of piperidine rings is 1. The number of hydrogen-bond donors (Lipinski definition) is 1. The van der Waals surface area contributed by atoms with Gasteiger partial charge >= 0.3 is 0 Å². The number of anilines is 1. The van der Waals surface area contributed by atoms with Crippen LogP contribution in [-0.2, 0) is 0 Å². The molecule has 3 nitrogen and oxygen atoms in total. The van der Waals surface area contributed by atoms with Gasteiger partial charge in [-0.05, 0) is 37.9 Å². The van der Waals surface area contributed by atoms with Crippen LogP contribution in [0.1, 0.15) is 26.2 Å². The fourth-order valence-electron chi connectivity index (χ4n) is 2.76. The number of nitrogens with one attached hydrogen (secondary N) is 1. The third kappa shape index (κ3) is 2.74. The van der Waals surface area contributed by atoms with Gasteiger partial charge in [0, 0.05) is 19.1 Å². The zero-order chi connectivity index (χ0) is 13.1.